The molecule has 0 fully saturated rings. The largest absolute Gasteiger partial charge is 0.229 e. The summed E-state index contributed by atoms with van der Waals surface area (Å²) in [6.07, 6.45) is 2.64. The predicted octanol–water partition coefficient (Wildman–Crippen LogP) is 6.35. The second kappa shape index (κ2) is 7.56. The molecular formula is C21H17FN2S2. The standard InChI is InChI=1S/C21H17FN2S2/c1-2-14-6-8-16(9-7-14)18-12-26-21-19(18)20(23-13-24-21)25-11-15-4-3-5-17(22)10-15/h3-10,12-13H,2,11H2,1H3. The summed E-state index contributed by atoms with van der Waals surface area (Å²) in [7, 11) is 0. The molecule has 0 saturated carbocycles. The minimum atomic E-state index is -0.205. The van der Waals surface area contributed by atoms with Crippen LogP contribution in [-0.4, -0.2) is 9.97 Å². The molecule has 0 N–H and O–H groups in total. The fourth-order valence-corrected chi connectivity index (χ4v) is 4.80. The number of hydrogen-bond acceptors (Lipinski definition) is 4. The number of thioether (sulfide) groups is 1. The number of benzene rings is 2. The first-order valence-electron chi connectivity index (χ1n) is 8.43. The molecule has 5 heteroatoms. The number of rotatable bonds is 5. The number of nitrogens with zero attached hydrogens (tertiary/aromatic N) is 2. The number of aryl methyl sites for hydroxylation is 1. The van der Waals surface area contributed by atoms with E-state index in [0.717, 1.165) is 32.8 Å². The van der Waals surface area contributed by atoms with Crippen molar-refractivity contribution in [3.63, 3.8) is 0 Å². The third-order valence-corrected chi connectivity index (χ3v) is 6.22. The maximum atomic E-state index is 13.4. The van der Waals surface area contributed by atoms with Gasteiger partial charge in [0.25, 0.3) is 0 Å². The zero-order valence-electron chi connectivity index (χ0n) is 14.3. The van der Waals surface area contributed by atoms with Crippen molar-refractivity contribution >= 4 is 33.3 Å². The lowest BCUT2D eigenvalue weighted by molar-refractivity contribution is 0.626. The maximum absolute atomic E-state index is 13.4. The highest BCUT2D eigenvalue weighted by molar-refractivity contribution is 7.98. The van der Waals surface area contributed by atoms with Crippen LogP contribution in [-0.2, 0) is 12.2 Å². The Morgan fingerprint density at radius 1 is 1.04 bits per heavy atom. The van der Waals surface area contributed by atoms with Crippen LogP contribution >= 0.6 is 23.1 Å². The molecule has 0 atom stereocenters. The average molecular weight is 381 g/mol. The van der Waals surface area contributed by atoms with Crippen molar-refractivity contribution in [2.24, 2.45) is 0 Å². The smallest absolute Gasteiger partial charge is 0.128 e. The van der Waals surface area contributed by atoms with Gasteiger partial charge in [-0.15, -0.1) is 23.1 Å². The van der Waals surface area contributed by atoms with Crippen LogP contribution in [0.15, 0.2) is 65.3 Å². The highest BCUT2D eigenvalue weighted by Gasteiger charge is 2.13. The lowest BCUT2D eigenvalue weighted by Gasteiger charge is -2.06. The van der Waals surface area contributed by atoms with E-state index >= 15 is 0 Å². The summed E-state index contributed by atoms with van der Waals surface area (Å²) in [4.78, 5) is 9.91. The normalized spacial score (nSPS) is 11.2. The molecule has 2 aromatic heterocycles. The lowest BCUT2D eigenvalue weighted by atomic mass is 10.0. The summed E-state index contributed by atoms with van der Waals surface area (Å²) >= 11 is 3.25. The molecule has 0 aliphatic rings. The molecule has 0 saturated heterocycles. The van der Waals surface area contributed by atoms with Crippen LogP contribution in [0.2, 0.25) is 0 Å². The van der Waals surface area contributed by atoms with Gasteiger partial charge in [-0.3, -0.25) is 0 Å². The molecule has 4 aromatic rings. The van der Waals surface area contributed by atoms with Gasteiger partial charge in [0, 0.05) is 16.7 Å². The molecule has 0 unspecified atom stereocenters. The summed E-state index contributed by atoms with van der Waals surface area (Å²) in [5.74, 6) is 0.469. The molecule has 0 spiro atoms. The van der Waals surface area contributed by atoms with Crippen molar-refractivity contribution in [1.82, 2.24) is 9.97 Å². The Kier molecular flexibility index (Phi) is 5.00. The van der Waals surface area contributed by atoms with Crippen molar-refractivity contribution in [3.8, 4) is 11.1 Å². The van der Waals surface area contributed by atoms with E-state index in [0.29, 0.717) is 5.75 Å². The molecule has 2 nitrogen and oxygen atoms in total. The van der Waals surface area contributed by atoms with Crippen LogP contribution < -0.4 is 0 Å². The summed E-state index contributed by atoms with van der Waals surface area (Å²) in [6.45, 7) is 2.16. The minimum Gasteiger partial charge on any atom is -0.229 e. The monoisotopic (exact) mass is 380 g/mol. The van der Waals surface area contributed by atoms with Crippen molar-refractivity contribution in [3.05, 3.63) is 77.2 Å². The Bertz CT molecular complexity index is 1040. The molecule has 0 bridgehead atoms. The third-order valence-electron chi connectivity index (χ3n) is 4.27. The summed E-state index contributed by atoms with van der Waals surface area (Å²) in [5.41, 5.74) is 4.61. The van der Waals surface area contributed by atoms with E-state index in [1.807, 2.05) is 6.07 Å². The topological polar surface area (TPSA) is 25.8 Å². The Labute approximate surface area is 160 Å². The fraction of sp³-hybridized carbons (Fsp3) is 0.143. The van der Waals surface area contributed by atoms with E-state index in [1.165, 1.54) is 17.2 Å². The van der Waals surface area contributed by atoms with Crippen LogP contribution in [0.25, 0.3) is 21.3 Å². The van der Waals surface area contributed by atoms with Gasteiger partial charge in [-0.25, -0.2) is 14.4 Å². The van der Waals surface area contributed by atoms with Gasteiger partial charge in [-0.2, -0.15) is 0 Å². The molecule has 0 aliphatic carbocycles. The van der Waals surface area contributed by atoms with Gasteiger partial charge < -0.3 is 0 Å². The molecule has 0 radical (unpaired) electrons. The van der Waals surface area contributed by atoms with Crippen molar-refractivity contribution in [2.45, 2.75) is 24.1 Å². The van der Waals surface area contributed by atoms with Gasteiger partial charge in [0.05, 0.1) is 5.39 Å². The third kappa shape index (κ3) is 3.50. The van der Waals surface area contributed by atoms with Crippen LogP contribution in [0.1, 0.15) is 18.1 Å². The van der Waals surface area contributed by atoms with E-state index in [-0.39, 0.29) is 5.82 Å². The van der Waals surface area contributed by atoms with E-state index in [9.17, 15) is 4.39 Å². The molecular weight excluding hydrogens is 363 g/mol. The lowest BCUT2D eigenvalue weighted by Crippen LogP contribution is -1.88. The number of thiophene rings is 1. The second-order valence-electron chi connectivity index (χ2n) is 5.98. The highest BCUT2D eigenvalue weighted by Crippen LogP contribution is 2.38. The maximum Gasteiger partial charge on any atom is 0.128 e. The quantitative estimate of drug-likeness (QED) is 0.298. The zero-order valence-corrected chi connectivity index (χ0v) is 15.9. The predicted molar refractivity (Wildman–Crippen MR) is 108 cm³/mol. The number of halogens is 1. The molecule has 4 rings (SSSR count). The highest BCUT2D eigenvalue weighted by atomic mass is 32.2. The van der Waals surface area contributed by atoms with E-state index < -0.39 is 0 Å². The second-order valence-corrected chi connectivity index (χ2v) is 7.80. The molecule has 2 heterocycles. The molecule has 26 heavy (non-hydrogen) atoms. The van der Waals surface area contributed by atoms with Gasteiger partial charge in [-0.05, 0) is 35.2 Å². The summed E-state index contributed by atoms with van der Waals surface area (Å²) in [6, 6.07) is 15.4. The van der Waals surface area contributed by atoms with Crippen LogP contribution in [0.3, 0.4) is 0 Å². The molecule has 0 aliphatic heterocycles. The van der Waals surface area contributed by atoms with Gasteiger partial charge in [0.15, 0.2) is 0 Å². The number of aromatic nitrogens is 2. The first-order chi connectivity index (χ1) is 12.7. The number of fused-ring (bicyclic) bond motifs is 1. The summed E-state index contributed by atoms with van der Waals surface area (Å²) in [5, 5.41) is 4.17. The minimum absolute atomic E-state index is 0.205. The van der Waals surface area contributed by atoms with Crippen LogP contribution in [0, 0.1) is 5.82 Å². The Morgan fingerprint density at radius 2 is 1.88 bits per heavy atom. The fourth-order valence-electron chi connectivity index (χ4n) is 2.87. The van der Waals surface area contributed by atoms with Crippen molar-refractivity contribution < 1.29 is 4.39 Å². The van der Waals surface area contributed by atoms with Gasteiger partial charge in [0.2, 0.25) is 0 Å². The molecule has 2 aromatic carbocycles. The van der Waals surface area contributed by atoms with Crippen molar-refractivity contribution in [1.29, 1.82) is 0 Å². The number of hydrogen-bond donors (Lipinski definition) is 0. The van der Waals surface area contributed by atoms with Gasteiger partial charge >= 0.3 is 0 Å². The first kappa shape index (κ1) is 17.2. The van der Waals surface area contributed by atoms with Crippen LogP contribution in [0.5, 0.6) is 0 Å². The van der Waals surface area contributed by atoms with Crippen LogP contribution in [0.4, 0.5) is 4.39 Å². The van der Waals surface area contributed by atoms with Crippen molar-refractivity contribution in [2.75, 3.05) is 0 Å². The Morgan fingerprint density at radius 3 is 2.65 bits per heavy atom. The van der Waals surface area contributed by atoms with E-state index in [2.05, 4.69) is 46.5 Å². The summed E-state index contributed by atoms with van der Waals surface area (Å²) < 4.78 is 13.4. The van der Waals surface area contributed by atoms with Gasteiger partial charge in [0.1, 0.15) is 22.0 Å². The zero-order chi connectivity index (χ0) is 17.9. The van der Waals surface area contributed by atoms with Gasteiger partial charge in [-0.1, -0.05) is 43.3 Å². The Hall–Kier alpha value is -2.24. The average Bonchev–Trinajstić information content (AvgIpc) is 3.11. The molecule has 0 amide bonds. The SMILES string of the molecule is CCc1ccc(-c2csc3ncnc(SCc4cccc(F)c4)c23)cc1. The first-order valence-corrected chi connectivity index (χ1v) is 10.3. The van der Waals surface area contributed by atoms with E-state index in [4.69, 9.17) is 0 Å². The molecule has 130 valence electrons. The Balaban J connectivity index is 1.69. The van der Waals surface area contributed by atoms with E-state index in [1.54, 1.807) is 41.6 Å².